The number of hydrogen-bond donors (Lipinski definition) is 2. The molecule has 3 N–H and O–H groups in total. The fourth-order valence-corrected chi connectivity index (χ4v) is 1.02. The number of rotatable bonds is 4. The molecule has 0 amide bonds. The molecule has 0 aliphatic carbocycles. The van der Waals surface area contributed by atoms with Crippen LogP contribution in [0.15, 0.2) is 18.2 Å². The van der Waals surface area contributed by atoms with E-state index < -0.39 is 0 Å². The van der Waals surface area contributed by atoms with Gasteiger partial charge in [-0.25, -0.2) is 4.39 Å². The van der Waals surface area contributed by atoms with Gasteiger partial charge in [-0.05, 0) is 25.1 Å². The van der Waals surface area contributed by atoms with Gasteiger partial charge in [0.15, 0.2) is 0 Å². The van der Waals surface area contributed by atoms with Gasteiger partial charge in [0.05, 0.1) is 17.5 Å². The summed E-state index contributed by atoms with van der Waals surface area (Å²) in [5.74, 6) is -0.299. The van der Waals surface area contributed by atoms with E-state index in [1.54, 1.807) is 7.11 Å². The third-order valence-corrected chi connectivity index (χ3v) is 2.00. The zero-order chi connectivity index (χ0) is 10.6. The lowest BCUT2D eigenvalue weighted by atomic mass is 10.2. The standard InChI is InChI=1S/C10H15FN2O/c1-7(14-2)6-13-10-5-8(11)3-4-9(10)12/h3-5,7,13H,6,12H2,1-2H3. The molecule has 0 saturated heterocycles. The van der Waals surface area contributed by atoms with E-state index in [1.165, 1.54) is 18.2 Å². The Kier molecular flexibility index (Phi) is 3.71. The molecule has 1 atom stereocenters. The Balaban J connectivity index is 2.62. The maximum atomic E-state index is 12.8. The summed E-state index contributed by atoms with van der Waals surface area (Å²) in [6.07, 6.45) is 0.0673. The number of hydrogen-bond acceptors (Lipinski definition) is 3. The number of ether oxygens (including phenoxy) is 1. The summed E-state index contributed by atoms with van der Waals surface area (Å²) in [6.45, 7) is 2.52. The summed E-state index contributed by atoms with van der Waals surface area (Å²) in [5.41, 5.74) is 6.79. The topological polar surface area (TPSA) is 47.3 Å². The van der Waals surface area contributed by atoms with Gasteiger partial charge in [0.2, 0.25) is 0 Å². The molecule has 0 heterocycles. The average Bonchev–Trinajstić information content (AvgIpc) is 2.19. The van der Waals surface area contributed by atoms with Crippen molar-refractivity contribution in [2.45, 2.75) is 13.0 Å². The van der Waals surface area contributed by atoms with E-state index in [2.05, 4.69) is 5.32 Å². The summed E-state index contributed by atoms with van der Waals surface area (Å²) in [7, 11) is 1.63. The molecular formula is C10H15FN2O. The Morgan fingerprint density at radius 3 is 2.93 bits per heavy atom. The first-order valence-electron chi connectivity index (χ1n) is 4.45. The fraction of sp³-hybridized carbons (Fsp3) is 0.400. The summed E-state index contributed by atoms with van der Waals surface area (Å²) >= 11 is 0. The lowest BCUT2D eigenvalue weighted by Gasteiger charge is -2.13. The molecule has 0 saturated carbocycles. The first-order valence-corrected chi connectivity index (χ1v) is 4.45. The van der Waals surface area contributed by atoms with Crippen molar-refractivity contribution in [3.05, 3.63) is 24.0 Å². The molecule has 4 heteroatoms. The van der Waals surface area contributed by atoms with Crippen LogP contribution in [0.4, 0.5) is 15.8 Å². The van der Waals surface area contributed by atoms with Crippen molar-refractivity contribution in [3.8, 4) is 0 Å². The van der Waals surface area contributed by atoms with Gasteiger partial charge in [0.25, 0.3) is 0 Å². The van der Waals surface area contributed by atoms with Gasteiger partial charge < -0.3 is 15.8 Å². The smallest absolute Gasteiger partial charge is 0.125 e. The number of halogens is 1. The van der Waals surface area contributed by atoms with E-state index in [1.807, 2.05) is 6.92 Å². The minimum atomic E-state index is -0.299. The molecular weight excluding hydrogens is 183 g/mol. The van der Waals surface area contributed by atoms with Crippen molar-refractivity contribution in [2.75, 3.05) is 24.7 Å². The van der Waals surface area contributed by atoms with Crippen LogP contribution in [0.5, 0.6) is 0 Å². The largest absolute Gasteiger partial charge is 0.397 e. The normalized spacial score (nSPS) is 12.5. The first kappa shape index (κ1) is 10.8. The highest BCUT2D eigenvalue weighted by molar-refractivity contribution is 5.65. The van der Waals surface area contributed by atoms with Crippen LogP contribution in [0, 0.1) is 5.82 Å². The van der Waals surface area contributed by atoms with Gasteiger partial charge in [-0.15, -0.1) is 0 Å². The van der Waals surface area contributed by atoms with Crippen LogP contribution >= 0.6 is 0 Å². The minimum Gasteiger partial charge on any atom is -0.397 e. The summed E-state index contributed by atoms with van der Waals surface area (Å²) in [6, 6.07) is 4.24. The molecule has 1 rings (SSSR count). The van der Waals surface area contributed by atoms with E-state index in [9.17, 15) is 4.39 Å². The molecule has 0 radical (unpaired) electrons. The Morgan fingerprint density at radius 2 is 2.29 bits per heavy atom. The minimum absolute atomic E-state index is 0.0673. The zero-order valence-electron chi connectivity index (χ0n) is 8.38. The molecule has 0 aliphatic heterocycles. The van der Waals surface area contributed by atoms with Gasteiger partial charge in [0.1, 0.15) is 5.82 Å². The number of nitrogens with two attached hydrogens (primary N) is 1. The van der Waals surface area contributed by atoms with Crippen molar-refractivity contribution < 1.29 is 9.13 Å². The molecule has 78 valence electrons. The number of nitrogens with one attached hydrogen (secondary N) is 1. The fourth-order valence-electron chi connectivity index (χ4n) is 1.02. The van der Waals surface area contributed by atoms with Gasteiger partial charge in [-0.2, -0.15) is 0 Å². The summed E-state index contributed by atoms with van der Waals surface area (Å²) < 4.78 is 17.9. The summed E-state index contributed by atoms with van der Waals surface area (Å²) in [5, 5.41) is 3.01. The maximum absolute atomic E-state index is 12.8. The molecule has 14 heavy (non-hydrogen) atoms. The highest BCUT2D eigenvalue weighted by atomic mass is 19.1. The quantitative estimate of drug-likeness (QED) is 0.726. The lowest BCUT2D eigenvalue weighted by molar-refractivity contribution is 0.129. The lowest BCUT2D eigenvalue weighted by Crippen LogP contribution is -2.18. The Hall–Kier alpha value is -1.29. The molecule has 1 aromatic rings. The predicted molar refractivity (Wildman–Crippen MR) is 55.8 cm³/mol. The highest BCUT2D eigenvalue weighted by Gasteiger charge is 2.03. The van der Waals surface area contributed by atoms with Crippen LogP contribution in [-0.2, 0) is 4.74 Å². The second-order valence-corrected chi connectivity index (χ2v) is 3.16. The number of benzene rings is 1. The van der Waals surface area contributed by atoms with Crippen LogP contribution in [0.3, 0.4) is 0 Å². The molecule has 0 aromatic heterocycles. The molecule has 1 unspecified atom stereocenters. The van der Waals surface area contributed by atoms with Crippen molar-refractivity contribution in [1.29, 1.82) is 0 Å². The number of nitrogen functional groups attached to an aromatic ring is 1. The third kappa shape index (κ3) is 2.88. The molecule has 1 aromatic carbocycles. The second kappa shape index (κ2) is 4.81. The number of anilines is 2. The Bertz CT molecular complexity index is 304. The van der Waals surface area contributed by atoms with Crippen LogP contribution in [0.25, 0.3) is 0 Å². The van der Waals surface area contributed by atoms with E-state index in [-0.39, 0.29) is 11.9 Å². The SMILES string of the molecule is COC(C)CNc1cc(F)ccc1N. The number of methoxy groups -OCH3 is 1. The molecule has 3 nitrogen and oxygen atoms in total. The summed E-state index contributed by atoms with van der Waals surface area (Å²) in [4.78, 5) is 0. The molecule has 0 aliphatic rings. The Morgan fingerprint density at radius 1 is 1.57 bits per heavy atom. The molecule has 0 bridgehead atoms. The van der Waals surface area contributed by atoms with E-state index >= 15 is 0 Å². The van der Waals surface area contributed by atoms with E-state index in [4.69, 9.17) is 10.5 Å². The first-order chi connectivity index (χ1) is 6.63. The maximum Gasteiger partial charge on any atom is 0.125 e. The van der Waals surface area contributed by atoms with Crippen LogP contribution < -0.4 is 11.1 Å². The molecule has 0 fully saturated rings. The molecule has 0 spiro atoms. The van der Waals surface area contributed by atoms with Crippen molar-refractivity contribution >= 4 is 11.4 Å². The average molecular weight is 198 g/mol. The zero-order valence-corrected chi connectivity index (χ0v) is 8.38. The second-order valence-electron chi connectivity index (χ2n) is 3.16. The highest BCUT2D eigenvalue weighted by Crippen LogP contribution is 2.18. The Labute approximate surface area is 83.1 Å². The van der Waals surface area contributed by atoms with Crippen molar-refractivity contribution in [1.82, 2.24) is 0 Å². The van der Waals surface area contributed by atoms with Gasteiger partial charge in [0, 0.05) is 13.7 Å². The van der Waals surface area contributed by atoms with E-state index in [0.29, 0.717) is 17.9 Å². The van der Waals surface area contributed by atoms with Crippen LogP contribution in [0.1, 0.15) is 6.92 Å². The van der Waals surface area contributed by atoms with Crippen LogP contribution in [0.2, 0.25) is 0 Å². The van der Waals surface area contributed by atoms with Gasteiger partial charge in [-0.1, -0.05) is 0 Å². The van der Waals surface area contributed by atoms with Gasteiger partial charge in [-0.3, -0.25) is 0 Å². The third-order valence-electron chi connectivity index (χ3n) is 2.00. The van der Waals surface area contributed by atoms with E-state index in [0.717, 1.165) is 0 Å². The van der Waals surface area contributed by atoms with Gasteiger partial charge >= 0.3 is 0 Å². The van der Waals surface area contributed by atoms with Crippen molar-refractivity contribution in [3.63, 3.8) is 0 Å². The van der Waals surface area contributed by atoms with Crippen LogP contribution in [-0.4, -0.2) is 19.8 Å². The predicted octanol–water partition coefficient (Wildman–Crippen LogP) is 1.85. The van der Waals surface area contributed by atoms with Crippen molar-refractivity contribution in [2.24, 2.45) is 0 Å². The monoisotopic (exact) mass is 198 g/mol.